The Morgan fingerprint density at radius 3 is 2.44 bits per heavy atom. The molecule has 1 N–H and O–H groups in total. The van der Waals surface area contributed by atoms with Crippen LogP contribution in [0.1, 0.15) is 31.2 Å². The lowest BCUT2D eigenvalue weighted by atomic mass is 9.94. The van der Waals surface area contributed by atoms with E-state index in [1.165, 1.54) is 11.6 Å². The molecule has 0 aliphatic carbocycles. The van der Waals surface area contributed by atoms with E-state index in [0.29, 0.717) is 38.2 Å². The number of hydrogen-bond acceptors (Lipinski definition) is 4. The number of benzene rings is 2. The summed E-state index contributed by atoms with van der Waals surface area (Å²) in [5.74, 6) is 0.314. The lowest BCUT2D eigenvalue weighted by Gasteiger charge is -2.32. The van der Waals surface area contributed by atoms with Crippen LogP contribution >= 0.6 is 0 Å². The van der Waals surface area contributed by atoms with Crippen molar-refractivity contribution in [1.82, 2.24) is 5.32 Å². The molecule has 1 fully saturated rings. The molecule has 1 heterocycles. The van der Waals surface area contributed by atoms with Crippen molar-refractivity contribution in [2.24, 2.45) is 5.92 Å². The Bertz CT molecular complexity index is 786. The van der Waals surface area contributed by atoms with Gasteiger partial charge in [0.2, 0.25) is 5.91 Å². The summed E-state index contributed by atoms with van der Waals surface area (Å²) >= 11 is 0. The van der Waals surface area contributed by atoms with Crippen molar-refractivity contribution >= 4 is 17.3 Å². The fourth-order valence-electron chi connectivity index (χ4n) is 3.57. The molecule has 6 nitrogen and oxygen atoms in total. The number of hydrogen-bond donors (Lipinski definition) is 1. The SMILES string of the molecule is C[C@@H](CNC(=O)C1CCN(c2ccccc2[N+](=O)[O-])CC1)c1ccccc1. The molecule has 0 bridgehead atoms. The van der Waals surface area contributed by atoms with Gasteiger partial charge in [0, 0.05) is 31.6 Å². The van der Waals surface area contributed by atoms with Crippen molar-refractivity contribution < 1.29 is 9.72 Å². The smallest absolute Gasteiger partial charge is 0.292 e. The highest BCUT2D eigenvalue weighted by Gasteiger charge is 2.28. The van der Waals surface area contributed by atoms with Crippen LogP contribution in [0.15, 0.2) is 54.6 Å². The first kappa shape index (κ1) is 18.9. The van der Waals surface area contributed by atoms with Crippen molar-refractivity contribution in [3.8, 4) is 0 Å². The minimum Gasteiger partial charge on any atom is -0.366 e. The highest BCUT2D eigenvalue weighted by molar-refractivity contribution is 5.79. The number of para-hydroxylation sites is 2. The van der Waals surface area contributed by atoms with Crippen molar-refractivity contribution in [2.45, 2.75) is 25.7 Å². The summed E-state index contributed by atoms with van der Waals surface area (Å²) in [6.07, 6.45) is 1.41. The number of amides is 1. The molecule has 1 amide bonds. The number of piperidine rings is 1. The van der Waals surface area contributed by atoms with Crippen molar-refractivity contribution in [2.75, 3.05) is 24.5 Å². The first-order chi connectivity index (χ1) is 13.1. The van der Waals surface area contributed by atoms with Gasteiger partial charge >= 0.3 is 0 Å². The van der Waals surface area contributed by atoms with Gasteiger partial charge in [-0.25, -0.2) is 0 Å². The molecular weight excluding hydrogens is 342 g/mol. The first-order valence-corrected chi connectivity index (χ1v) is 9.37. The summed E-state index contributed by atoms with van der Waals surface area (Å²) in [4.78, 5) is 25.4. The summed E-state index contributed by atoms with van der Waals surface area (Å²) in [7, 11) is 0. The molecule has 1 aliphatic rings. The van der Waals surface area contributed by atoms with Gasteiger partial charge in [-0.05, 0) is 30.4 Å². The molecule has 1 atom stereocenters. The summed E-state index contributed by atoms with van der Waals surface area (Å²) in [6, 6.07) is 16.9. The van der Waals surface area contributed by atoms with Crippen LogP contribution in [0, 0.1) is 16.0 Å². The number of nitrogens with one attached hydrogen (secondary N) is 1. The van der Waals surface area contributed by atoms with E-state index in [-0.39, 0.29) is 28.4 Å². The second kappa shape index (κ2) is 8.66. The minimum absolute atomic E-state index is 0.0352. The number of carbonyl (C=O) groups is 1. The maximum Gasteiger partial charge on any atom is 0.292 e. The van der Waals surface area contributed by atoms with Crippen LogP contribution in [0.4, 0.5) is 11.4 Å². The third-order valence-electron chi connectivity index (χ3n) is 5.24. The van der Waals surface area contributed by atoms with Crippen LogP contribution in [0.25, 0.3) is 0 Å². The summed E-state index contributed by atoms with van der Waals surface area (Å²) in [6.45, 7) is 4.02. The zero-order valence-corrected chi connectivity index (χ0v) is 15.5. The number of nitro benzene ring substituents is 1. The van der Waals surface area contributed by atoms with Crippen LogP contribution in [-0.2, 0) is 4.79 Å². The molecule has 2 aromatic rings. The molecule has 0 saturated carbocycles. The first-order valence-electron chi connectivity index (χ1n) is 9.37. The van der Waals surface area contributed by atoms with Crippen LogP contribution in [-0.4, -0.2) is 30.5 Å². The predicted molar refractivity (Wildman–Crippen MR) is 106 cm³/mol. The van der Waals surface area contributed by atoms with E-state index in [9.17, 15) is 14.9 Å². The highest BCUT2D eigenvalue weighted by atomic mass is 16.6. The van der Waals surface area contributed by atoms with Gasteiger partial charge in [-0.15, -0.1) is 0 Å². The number of nitro groups is 1. The molecule has 1 saturated heterocycles. The van der Waals surface area contributed by atoms with Crippen LogP contribution in [0.5, 0.6) is 0 Å². The molecular formula is C21H25N3O3. The minimum atomic E-state index is -0.348. The van der Waals surface area contributed by atoms with Gasteiger partial charge in [0.15, 0.2) is 0 Å². The van der Waals surface area contributed by atoms with E-state index in [1.807, 2.05) is 29.2 Å². The van der Waals surface area contributed by atoms with Crippen molar-refractivity contribution in [3.05, 3.63) is 70.3 Å². The lowest BCUT2D eigenvalue weighted by molar-refractivity contribution is -0.384. The van der Waals surface area contributed by atoms with E-state index >= 15 is 0 Å². The monoisotopic (exact) mass is 367 g/mol. The van der Waals surface area contributed by atoms with E-state index in [1.54, 1.807) is 12.1 Å². The largest absolute Gasteiger partial charge is 0.366 e. The van der Waals surface area contributed by atoms with Gasteiger partial charge in [-0.2, -0.15) is 0 Å². The quantitative estimate of drug-likeness (QED) is 0.623. The fraction of sp³-hybridized carbons (Fsp3) is 0.381. The molecule has 0 spiro atoms. The number of anilines is 1. The predicted octanol–water partition coefficient (Wildman–Crippen LogP) is 3.73. The molecule has 3 rings (SSSR count). The zero-order chi connectivity index (χ0) is 19.2. The Kier molecular flexibility index (Phi) is 6.06. The topological polar surface area (TPSA) is 75.5 Å². The maximum atomic E-state index is 12.5. The molecule has 0 aromatic heterocycles. The number of rotatable bonds is 6. The Balaban J connectivity index is 1.52. The summed E-state index contributed by atoms with van der Waals surface area (Å²) in [5.41, 5.74) is 1.97. The molecule has 27 heavy (non-hydrogen) atoms. The normalized spacial score (nSPS) is 16.0. The summed E-state index contributed by atoms with van der Waals surface area (Å²) in [5, 5.41) is 14.3. The molecule has 1 aliphatic heterocycles. The third kappa shape index (κ3) is 4.64. The van der Waals surface area contributed by atoms with Crippen molar-refractivity contribution in [3.63, 3.8) is 0 Å². The molecule has 2 aromatic carbocycles. The molecule has 0 unspecified atom stereocenters. The third-order valence-corrected chi connectivity index (χ3v) is 5.24. The Morgan fingerprint density at radius 1 is 1.15 bits per heavy atom. The highest BCUT2D eigenvalue weighted by Crippen LogP contribution is 2.31. The van der Waals surface area contributed by atoms with E-state index < -0.39 is 0 Å². The Labute approximate surface area is 159 Å². The van der Waals surface area contributed by atoms with Crippen LogP contribution in [0.2, 0.25) is 0 Å². The maximum absolute atomic E-state index is 12.5. The number of carbonyl (C=O) groups excluding carboxylic acids is 1. The second-order valence-electron chi connectivity index (χ2n) is 7.06. The summed E-state index contributed by atoms with van der Waals surface area (Å²) < 4.78 is 0. The molecule has 6 heteroatoms. The van der Waals surface area contributed by atoms with E-state index in [2.05, 4.69) is 24.4 Å². The Morgan fingerprint density at radius 2 is 1.78 bits per heavy atom. The lowest BCUT2D eigenvalue weighted by Crippen LogP contribution is -2.41. The van der Waals surface area contributed by atoms with E-state index in [0.717, 1.165) is 0 Å². The molecule has 142 valence electrons. The average molecular weight is 367 g/mol. The number of nitrogens with zero attached hydrogens (tertiary/aromatic N) is 2. The van der Waals surface area contributed by atoms with Gasteiger partial charge in [0.05, 0.1) is 4.92 Å². The Hall–Kier alpha value is -2.89. The van der Waals surface area contributed by atoms with Gasteiger partial charge in [0.1, 0.15) is 5.69 Å². The van der Waals surface area contributed by atoms with E-state index in [4.69, 9.17) is 0 Å². The van der Waals surface area contributed by atoms with Gasteiger partial charge in [-0.1, -0.05) is 49.4 Å². The second-order valence-corrected chi connectivity index (χ2v) is 7.06. The molecule has 0 radical (unpaired) electrons. The van der Waals surface area contributed by atoms with Crippen LogP contribution < -0.4 is 10.2 Å². The fourth-order valence-corrected chi connectivity index (χ4v) is 3.57. The van der Waals surface area contributed by atoms with Crippen LogP contribution in [0.3, 0.4) is 0 Å². The van der Waals surface area contributed by atoms with Gasteiger partial charge in [-0.3, -0.25) is 14.9 Å². The van der Waals surface area contributed by atoms with Gasteiger partial charge in [0.25, 0.3) is 5.69 Å². The zero-order valence-electron chi connectivity index (χ0n) is 15.5. The average Bonchev–Trinajstić information content (AvgIpc) is 2.72. The van der Waals surface area contributed by atoms with Gasteiger partial charge < -0.3 is 10.2 Å². The van der Waals surface area contributed by atoms with Crippen molar-refractivity contribution in [1.29, 1.82) is 0 Å². The standard InChI is InChI=1S/C21H25N3O3/c1-16(17-7-3-2-4-8-17)15-22-21(25)18-11-13-23(14-12-18)19-9-5-6-10-20(19)24(26)27/h2-10,16,18H,11-15H2,1H3,(H,22,25)/t16-/m0/s1.